The van der Waals surface area contributed by atoms with Gasteiger partial charge in [0.25, 0.3) is 5.91 Å². The number of carbonyl (C=O) groups excluding carboxylic acids is 2. The third kappa shape index (κ3) is 2.94. The fourth-order valence-corrected chi connectivity index (χ4v) is 2.25. The maximum absolute atomic E-state index is 12.9. The molecule has 3 rings (SSSR count). The highest BCUT2D eigenvalue weighted by molar-refractivity contribution is 6.08. The number of benzene rings is 1. The van der Waals surface area contributed by atoms with E-state index in [9.17, 15) is 14.0 Å². The van der Waals surface area contributed by atoms with E-state index in [1.54, 1.807) is 12.1 Å². The van der Waals surface area contributed by atoms with Crippen LogP contribution in [0.4, 0.5) is 4.39 Å². The summed E-state index contributed by atoms with van der Waals surface area (Å²) < 4.78 is 17.5. The third-order valence-electron chi connectivity index (χ3n) is 3.45. The molecule has 2 N–H and O–H groups in total. The molecule has 2 heterocycles. The van der Waals surface area contributed by atoms with Crippen molar-refractivity contribution in [1.29, 1.82) is 0 Å². The Kier molecular flexibility index (Phi) is 4.19. The van der Waals surface area contributed by atoms with E-state index in [1.165, 1.54) is 31.8 Å². The molecule has 1 amide bonds. The van der Waals surface area contributed by atoms with Crippen LogP contribution in [0.2, 0.25) is 0 Å². The SMILES string of the molecule is COC(=O)c1c[nH]c2c(C(=O)NCc3ccc(F)cc3)ncnc12. The van der Waals surface area contributed by atoms with Crippen molar-refractivity contribution in [2.75, 3.05) is 7.11 Å². The maximum atomic E-state index is 12.9. The minimum atomic E-state index is -0.558. The molecule has 1 aromatic carbocycles. The molecule has 0 bridgehead atoms. The van der Waals surface area contributed by atoms with Gasteiger partial charge in [0.15, 0.2) is 5.69 Å². The number of aromatic nitrogens is 3. The molecule has 0 saturated heterocycles. The Balaban J connectivity index is 1.83. The van der Waals surface area contributed by atoms with Gasteiger partial charge in [0.1, 0.15) is 23.2 Å². The van der Waals surface area contributed by atoms with Gasteiger partial charge in [-0.1, -0.05) is 12.1 Å². The molecule has 0 fully saturated rings. The van der Waals surface area contributed by atoms with E-state index in [0.717, 1.165) is 5.56 Å². The topological polar surface area (TPSA) is 97.0 Å². The molecule has 0 atom stereocenters. The molecule has 0 spiro atoms. The molecule has 0 aliphatic heterocycles. The molecule has 0 saturated carbocycles. The standard InChI is InChI=1S/C16H13FN4O3/c1-24-16(23)11-7-18-13-12(11)20-8-21-14(13)15(22)19-6-9-2-4-10(17)5-3-9/h2-5,7-8,18H,6H2,1H3,(H,19,22). The number of hydrogen-bond donors (Lipinski definition) is 2. The van der Waals surface area contributed by atoms with Gasteiger partial charge >= 0.3 is 5.97 Å². The highest BCUT2D eigenvalue weighted by Gasteiger charge is 2.19. The predicted molar refractivity (Wildman–Crippen MR) is 82.8 cm³/mol. The lowest BCUT2D eigenvalue weighted by molar-refractivity contribution is 0.0602. The third-order valence-corrected chi connectivity index (χ3v) is 3.45. The lowest BCUT2D eigenvalue weighted by Gasteiger charge is -2.05. The second-order valence-electron chi connectivity index (χ2n) is 4.95. The zero-order valence-corrected chi connectivity index (χ0v) is 12.7. The number of rotatable bonds is 4. The predicted octanol–water partition coefficient (Wildman–Crippen LogP) is 1.81. The fourth-order valence-electron chi connectivity index (χ4n) is 2.25. The minimum absolute atomic E-state index is 0.109. The van der Waals surface area contributed by atoms with Gasteiger partial charge < -0.3 is 15.0 Å². The summed E-state index contributed by atoms with van der Waals surface area (Å²) in [5.41, 5.74) is 1.73. The highest BCUT2D eigenvalue weighted by Crippen LogP contribution is 2.18. The van der Waals surface area contributed by atoms with E-state index in [1.807, 2.05) is 0 Å². The van der Waals surface area contributed by atoms with Crippen molar-refractivity contribution in [3.8, 4) is 0 Å². The first kappa shape index (κ1) is 15.6. The summed E-state index contributed by atoms with van der Waals surface area (Å²) in [6, 6.07) is 5.79. The molecule has 24 heavy (non-hydrogen) atoms. The maximum Gasteiger partial charge on any atom is 0.341 e. The van der Waals surface area contributed by atoms with Gasteiger partial charge in [0, 0.05) is 12.7 Å². The summed E-state index contributed by atoms with van der Waals surface area (Å²) in [5, 5.41) is 2.69. The van der Waals surface area contributed by atoms with Crippen molar-refractivity contribution in [1.82, 2.24) is 20.3 Å². The molecular weight excluding hydrogens is 315 g/mol. The smallest absolute Gasteiger partial charge is 0.341 e. The van der Waals surface area contributed by atoms with Crippen LogP contribution in [0.15, 0.2) is 36.8 Å². The normalized spacial score (nSPS) is 10.6. The number of methoxy groups -OCH3 is 1. The fraction of sp³-hybridized carbons (Fsp3) is 0.125. The zero-order chi connectivity index (χ0) is 17.1. The van der Waals surface area contributed by atoms with Crippen LogP contribution in [0.1, 0.15) is 26.4 Å². The van der Waals surface area contributed by atoms with E-state index in [4.69, 9.17) is 0 Å². The Labute approximate surface area is 135 Å². The molecule has 2 aromatic heterocycles. The van der Waals surface area contributed by atoms with Crippen molar-refractivity contribution in [2.24, 2.45) is 0 Å². The first-order valence-corrected chi connectivity index (χ1v) is 7.03. The van der Waals surface area contributed by atoms with Crippen molar-refractivity contribution >= 4 is 22.9 Å². The van der Waals surface area contributed by atoms with E-state index in [-0.39, 0.29) is 23.6 Å². The van der Waals surface area contributed by atoms with Gasteiger partial charge in [0.05, 0.1) is 12.6 Å². The first-order chi connectivity index (χ1) is 11.6. The number of esters is 1. The van der Waals surface area contributed by atoms with E-state index in [2.05, 4.69) is 25.0 Å². The largest absolute Gasteiger partial charge is 0.465 e. The molecule has 8 heteroatoms. The first-order valence-electron chi connectivity index (χ1n) is 7.03. The molecule has 7 nitrogen and oxygen atoms in total. The average molecular weight is 328 g/mol. The quantitative estimate of drug-likeness (QED) is 0.712. The summed E-state index contributed by atoms with van der Waals surface area (Å²) in [6.45, 7) is 0.217. The van der Waals surface area contributed by atoms with Crippen LogP contribution in [0.3, 0.4) is 0 Å². The molecular formula is C16H13FN4O3. The molecule has 122 valence electrons. The number of hydrogen-bond acceptors (Lipinski definition) is 5. The van der Waals surface area contributed by atoms with Crippen LogP contribution in [0, 0.1) is 5.82 Å². The second-order valence-corrected chi connectivity index (χ2v) is 4.95. The number of nitrogens with zero attached hydrogens (tertiary/aromatic N) is 2. The highest BCUT2D eigenvalue weighted by atomic mass is 19.1. The molecule has 0 aliphatic rings. The number of aromatic amines is 1. The Morgan fingerprint density at radius 3 is 2.71 bits per heavy atom. The average Bonchev–Trinajstić information content (AvgIpc) is 3.04. The van der Waals surface area contributed by atoms with Gasteiger partial charge in [-0.05, 0) is 17.7 Å². The number of amides is 1. The van der Waals surface area contributed by atoms with Crippen LogP contribution >= 0.6 is 0 Å². The molecule has 3 aromatic rings. The Bertz CT molecular complexity index is 905. The summed E-state index contributed by atoms with van der Waals surface area (Å²) in [7, 11) is 1.26. The number of nitrogens with one attached hydrogen (secondary N) is 2. The summed E-state index contributed by atoms with van der Waals surface area (Å²) in [5.74, 6) is -1.34. The summed E-state index contributed by atoms with van der Waals surface area (Å²) >= 11 is 0. The number of ether oxygens (including phenoxy) is 1. The number of H-pyrrole nitrogens is 1. The lowest BCUT2D eigenvalue weighted by Crippen LogP contribution is -2.24. The van der Waals surface area contributed by atoms with Gasteiger partial charge in [-0.15, -0.1) is 0 Å². The Morgan fingerprint density at radius 1 is 1.25 bits per heavy atom. The van der Waals surface area contributed by atoms with Crippen molar-refractivity contribution in [2.45, 2.75) is 6.54 Å². The second kappa shape index (κ2) is 6.45. The van der Waals surface area contributed by atoms with E-state index < -0.39 is 11.9 Å². The van der Waals surface area contributed by atoms with Crippen LogP contribution in [0.25, 0.3) is 11.0 Å². The van der Waals surface area contributed by atoms with Crippen LogP contribution < -0.4 is 5.32 Å². The summed E-state index contributed by atoms with van der Waals surface area (Å²) in [4.78, 5) is 34.8. The Hall–Kier alpha value is -3.29. The zero-order valence-electron chi connectivity index (χ0n) is 12.7. The van der Waals surface area contributed by atoms with Crippen molar-refractivity contribution < 1.29 is 18.7 Å². The number of fused-ring (bicyclic) bond motifs is 1. The van der Waals surface area contributed by atoms with E-state index in [0.29, 0.717) is 11.0 Å². The number of carbonyl (C=O) groups is 2. The van der Waals surface area contributed by atoms with Gasteiger partial charge in [-0.3, -0.25) is 4.79 Å². The molecule has 0 unspecified atom stereocenters. The van der Waals surface area contributed by atoms with E-state index >= 15 is 0 Å². The lowest BCUT2D eigenvalue weighted by atomic mass is 10.2. The minimum Gasteiger partial charge on any atom is -0.465 e. The molecule has 0 aliphatic carbocycles. The van der Waals surface area contributed by atoms with Gasteiger partial charge in [-0.2, -0.15) is 0 Å². The van der Waals surface area contributed by atoms with Crippen LogP contribution in [-0.2, 0) is 11.3 Å². The van der Waals surface area contributed by atoms with Crippen LogP contribution in [-0.4, -0.2) is 33.9 Å². The number of halogens is 1. The van der Waals surface area contributed by atoms with Gasteiger partial charge in [0.2, 0.25) is 0 Å². The van der Waals surface area contributed by atoms with Crippen molar-refractivity contribution in [3.63, 3.8) is 0 Å². The van der Waals surface area contributed by atoms with Gasteiger partial charge in [-0.25, -0.2) is 19.2 Å². The van der Waals surface area contributed by atoms with Crippen molar-refractivity contribution in [3.05, 3.63) is 59.4 Å². The summed E-state index contributed by atoms with van der Waals surface area (Å²) in [6.07, 6.45) is 2.62. The monoisotopic (exact) mass is 328 g/mol. The Morgan fingerprint density at radius 2 is 2.00 bits per heavy atom. The van der Waals surface area contributed by atoms with Crippen LogP contribution in [0.5, 0.6) is 0 Å². The molecule has 0 radical (unpaired) electrons.